The second-order valence-corrected chi connectivity index (χ2v) is 5.54. The van der Waals surface area contributed by atoms with Crippen molar-refractivity contribution in [1.29, 1.82) is 0 Å². The zero-order valence-electron chi connectivity index (χ0n) is 11.3. The molecule has 19 heavy (non-hydrogen) atoms. The third-order valence-corrected chi connectivity index (χ3v) is 3.77. The van der Waals surface area contributed by atoms with E-state index in [0.29, 0.717) is 18.7 Å². The summed E-state index contributed by atoms with van der Waals surface area (Å²) >= 11 is 4.09. The highest BCUT2D eigenvalue weighted by Crippen LogP contribution is 2.33. The van der Waals surface area contributed by atoms with Gasteiger partial charge in [0.1, 0.15) is 5.60 Å². The summed E-state index contributed by atoms with van der Waals surface area (Å²) in [6, 6.07) is 8.27. The molecular formula is C15H21NO2S. The number of rotatable bonds is 4. The minimum Gasteiger partial charge on any atom is -0.453 e. The number of thiol groups is 1. The Morgan fingerprint density at radius 3 is 2.74 bits per heavy atom. The molecule has 1 saturated heterocycles. The third kappa shape index (κ3) is 3.51. The summed E-state index contributed by atoms with van der Waals surface area (Å²) in [5.41, 5.74) is 1.79. The van der Waals surface area contributed by atoms with E-state index in [1.54, 1.807) is 0 Å². The molecule has 104 valence electrons. The fourth-order valence-electron chi connectivity index (χ4n) is 2.49. The molecule has 1 unspecified atom stereocenters. The van der Waals surface area contributed by atoms with Gasteiger partial charge >= 0.3 is 5.97 Å². The van der Waals surface area contributed by atoms with Crippen molar-refractivity contribution in [3.63, 3.8) is 0 Å². The average Bonchev–Trinajstić information content (AvgIpc) is 2.40. The van der Waals surface area contributed by atoms with Crippen molar-refractivity contribution in [2.75, 3.05) is 18.8 Å². The number of aryl methyl sites for hydroxylation is 1. The molecule has 0 saturated carbocycles. The van der Waals surface area contributed by atoms with Crippen LogP contribution < -0.4 is 5.32 Å². The summed E-state index contributed by atoms with van der Waals surface area (Å²) in [5.74, 6) is 0.357. The van der Waals surface area contributed by atoms with E-state index in [1.165, 1.54) is 5.56 Å². The Hall–Kier alpha value is -1.00. The molecule has 2 rings (SSSR count). The van der Waals surface area contributed by atoms with Gasteiger partial charge in [0.05, 0.1) is 6.42 Å². The van der Waals surface area contributed by atoms with Gasteiger partial charge in [0.25, 0.3) is 0 Å². The molecule has 1 aromatic rings. The first-order valence-electron chi connectivity index (χ1n) is 6.77. The van der Waals surface area contributed by atoms with Gasteiger partial charge in [-0.3, -0.25) is 4.79 Å². The Balaban J connectivity index is 2.23. The summed E-state index contributed by atoms with van der Waals surface area (Å²) in [7, 11) is 0. The number of carbonyl (C=O) groups is 1. The Kier molecular flexibility index (Phi) is 4.88. The Bertz CT molecular complexity index is 424. The van der Waals surface area contributed by atoms with E-state index in [9.17, 15) is 4.79 Å². The van der Waals surface area contributed by atoms with Gasteiger partial charge in [0.15, 0.2) is 0 Å². The first kappa shape index (κ1) is 14.4. The normalized spacial score (nSPS) is 23.1. The van der Waals surface area contributed by atoms with Crippen molar-refractivity contribution in [3.8, 4) is 0 Å². The first-order valence-corrected chi connectivity index (χ1v) is 7.40. The molecule has 1 N–H and O–H groups in total. The zero-order valence-corrected chi connectivity index (χ0v) is 12.2. The van der Waals surface area contributed by atoms with Crippen LogP contribution in [0.25, 0.3) is 0 Å². The molecular weight excluding hydrogens is 258 g/mol. The predicted molar refractivity (Wildman–Crippen MR) is 79.5 cm³/mol. The summed E-state index contributed by atoms with van der Waals surface area (Å²) in [6.07, 6.45) is 2.25. The molecule has 0 amide bonds. The quantitative estimate of drug-likeness (QED) is 0.657. The van der Waals surface area contributed by atoms with E-state index in [4.69, 9.17) is 4.74 Å². The molecule has 0 spiro atoms. The van der Waals surface area contributed by atoms with Crippen molar-refractivity contribution in [2.45, 2.75) is 31.8 Å². The van der Waals surface area contributed by atoms with E-state index in [2.05, 4.69) is 49.1 Å². The highest BCUT2D eigenvalue weighted by atomic mass is 32.1. The van der Waals surface area contributed by atoms with Crippen molar-refractivity contribution in [3.05, 3.63) is 35.4 Å². The van der Waals surface area contributed by atoms with Crippen molar-refractivity contribution in [1.82, 2.24) is 5.32 Å². The van der Waals surface area contributed by atoms with Crippen LogP contribution in [0.1, 0.15) is 30.4 Å². The highest BCUT2D eigenvalue weighted by molar-refractivity contribution is 7.80. The summed E-state index contributed by atoms with van der Waals surface area (Å²) in [4.78, 5) is 11.9. The van der Waals surface area contributed by atoms with Crippen LogP contribution in [0.5, 0.6) is 0 Å². The van der Waals surface area contributed by atoms with Crippen LogP contribution in [-0.4, -0.2) is 24.8 Å². The maximum absolute atomic E-state index is 11.9. The SMILES string of the molecule is Cc1ccc(C2(OC(=O)CCS)CCCNC2)cc1. The van der Waals surface area contributed by atoms with Crippen molar-refractivity contribution >= 4 is 18.6 Å². The Morgan fingerprint density at radius 2 is 2.16 bits per heavy atom. The van der Waals surface area contributed by atoms with Crippen LogP contribution in [0, 0.1) is 6.92 Å². The summed E-state index contributed by atoms with van der Waals surface area (Å²) in [6.45, 7) is 3.73. The minimum absolute atomic E-state index is 0.167. The van der Waals surface area contributed by atoms with Gasteiger partial charge in [-0.25, -0.2) is 0 Å². The molecule has 1 aliphatic heterocycles. The topological polar surface area (TPSA) is 38.3 Å². The lowest BCUT2D eigenvalue weighted by Crippen LogP contribution is -2.46. The second kappa shape index (κ2) is 6.44. The number of hydrogen-bond acceptors (Lipinski definition) is 4. The van der Waals surface area contributed by atoms with E-state index < -0.39 is 5.60 Å². The highest BCUT2D eigenvalue weighted by Gasteiger charge is 2.37. The van der Waals surface area contributed by atoms with Gasteiger partial charge in [-0.1, -0.05) is 29.8 Å². The largest absolute Gasteiger partial charge is 0.453 e. The van der Waals surface area contributed by atoms with Crippen molar-refractivity contribution in [2.24, 2.45) is 0 Å². The Labute approximate surface area is 120 Å². The van der Waals surface area contributed by atoms with Crippen LogP contribution in [0.15, 0.2) is 24.3 Å². The molecule has 0 bridgehead atoms. The fraction of sp³-hybridized carbons (Fsp3) is 0.533. The summed E-state index contributed by atoms with van der Waals surface area (Å²) < 4.78 is 5.79. The molecule has 0 aliphatic carbocycles. The lowest BCUT2D eigenvalue weighted by molar-refractivity contribution is -0.162. The molecule has 1 atom stereocenters. The maximum atomic E-state index is 11.9. The molecule has 1 aromatic carbocycles. The Morgan fingerprint density at radius 1 is 1.42 bits per heavy atom. The molecule has 3 nitrogen and oxygen atoms in total. The lowest BCUT2D eigenvalue weighted by Gasteiger charge is -2.37. The van der Waals surface area contributed by atoms with Crippen molar-refractivity contribution < 1.29 is 9.53 Å². The predicted octanol–water partition coefficient (Wildman–Crippen LogP) is 2.44. The van der Waals surface area contributed by atoms with Gasteiger partial charge in [0.2, 0.25) is 0 Å². The number of ether oxygens (including phenoxy) is 1. The smallest absolute Gasteiger partial charge is 0.307 e. The van der Waals surface area contributed by atoms with Gasteiger partial charge in [0, 0.05) is 12.3 Å². The first-order chi connectivity index (χ1) is 9.16. The van der Waals surface area contributed by atoms with Crippen LogP contribution >= 0.6 is 12.6 Å². The number of esters is 1. The van der Waals surface area contributed by atoms with E-state index >= 15 is 0 Å². The molecule has 1 aliphatic rings. The number of nitrogens with one attached hydrogen (secondary N) is 1. The maximum Gasteiger partial charge on any atom is 0.307 e. The molecule has 0 aromatic heterocycles. The summed E-state index contributed by atoms with van der Waals surface area (Å²) in [5, 5.41) is 3.34. The van der Waals surface area contributed by atoms with E-state index in [-0.39, 0.29) is 5.97 Å². The third-order valence-electron chi connectivity index (χ3n) is 3.55. The lowest BCUT2D eigenvalue weighted by atomic mass is 9.86. The molecule has 4 heteroatoms. The van der Waals surface area contributed by atoms with Crippen LogP contribution in [0.2, 0.25) is 0 Å². The zero-order chi connectivity index (χ0) is 13.7. The second-order valence-electron chi connectivity index (χ2n) is 5.09. The number of benzene rings is 1. The van der Waals surface area contributed by atoms with E-state index in [1.807, 2.05) is 0 Å². The van der Waals surface area contributed by atoms with E-state index in [0.717, 1.165) is 24.9 Å². The molecule has 1 heterocycles. The van der Waals surface area contributed by atoms with Gasteiger partial charge in [-0.05, 0) is 31.9 Å². The van der Waals surface area contributed by atoms with Crippen LogP contribution in [-0.2, 0) is 15.1 Å². The number of carbonyl (C=O) groups excluding carboxylic acids is 1. The van der Waals surface area contributed by atoms with Gasteiger partial charge < -0.3 is 10.1 Å². The standard InChI is InChI=1S/C15H21NO2S/c1-12-3-5-13(6-4-12)15(8-2-9-16-11-15)18-14(17)7-10-19/h3-6,16,19H,2,7-11H2,1H3. The van der Waals surface area contributed by atoms with Crippen LogP contribution in [0.3, 0.4) is 0 Å². The minimum atomic E-state index is -0.508. The number of piperidine rings is 1. The molecule has 0 radical (unpaired) electrons. The number of hydrogen-bond donors (Lipinski definition) is 2. The monoisotopic (exact) mass is 279 g/mol. The van der Waals surface area contributed by atoms with Gasteiger partial charge in [-0.2, -0.15) is 12.6 Å². The average molecular weight is 279 g/mol. The fourth-order valence-corrected chi connectivity index (χ4v) is 2.67. The van der Waals surface area contributed by atoms with Crippen LogP contribution in [0.4, 0.5) is 0 Å². The van der Waals surface area contributed by atoms with Gasteiger partial charge in [-0.15, -0.1) is 0 Å². The molecule has 1 fully saturated rings.